The Kier molecular flexibility index (Phi) is 4.65. The van der Waals surface area contributed by atoms with Gasteiger partial charge in [-0.05, 0) is 24.3 Å². The van der Waals surface area contributed by atoms with Crippen molar-refractivity contribution in [1.29, 1.82) is 5.41 Å². The number of rotatable bonds is 1. The number of nitrogens with zero attached hydrogens (tertiary/aromatic N) is 2. The lowest BCUT2D eigenvalue weighted by Crippen LogP contribution is -1.98. The molecule has 76 valence electrons. The molecule has 0 radical (unpaired) electrons. The van der Waals surface area contributed by atoms with E-state index in [0.717, 1.165) is 0 Å². The Balaban J connectivity index is 3.15. The molecule has 1 aromatic rings. The Hall–Kier alpha value is -1.00. The Bertz CT molecular complexity index is 447. The minimum absolute atomic E-state index is 0.152. The van der Waals surface area contributed by atoms with Gasteiger partial charge in [0.1, 0.15) is 0 Å². The fourth-order valence-electron chi connectivity index (χ4n) is 0.897. The van der Waals surface area contributed by atoms with E-state index in [1.165, 1.54) is 0 Å². The first-order chi connectivity index (χ1) is 7.13. The number of thiol groups is 1. The number of aliphatic imine (C=N–C) groups is 2. The van der Waals surface area contributed by atoms with Crippen LogP contribution in [-0.2, 0) is 0 Å². The second-order valence-electron chi connectivity index (χ2n) is 2.45. The zero-order chi connectivity index (χ0) is 11.3. The summed E-state index contributed by atoms with van der Waals surface area (Å²) in [4.78, 5) is 7.54. The highest BCUT2D eigenvalue weighted by Crippen LogP contribution is 2.11. The first-order valence-corrected chi connectivity index (χ1v) is 5.07. The molecule has 0 amide bonds. The molecule has 1 aromatic carbocycles. The molecule has 0 saturated carbocycles. The monoisotopic (exact) mass is 255 g/mol. The highest BCUT2D eigenvalue weighted by atomic mass is 35.5. The van der Waals surface area contributed by atoms with Crippen LogP contribution in [0.4, 0.5) is 0 Å². The minimum atomic E-state index is 0.152. The van der Waals surface area contributed by atoms with Gasteiger partial charge in [-0.15, -0.1) is 12.6 Å². The average molecular weight is 256 g/mol. The van der Waals surface area contributed by atoms with Crippen LogP contribution in [0.5, 0.6) is 0 Å². The molecule has 0 atom stereocenters. The SMILES string of the molecule is N=C=NC(=NC(=S)S)c1ccc(Cl)cc1. The first-order valence-electron chi connectivity index (χ1n) is 3.83. The van der Waals surface area contributed by atoms with Gasteiger partial charge in [-0.2, -0.15) is 4.99 Å². The van der Waals surface area contributed by atoms with Crippen molar-refractivity contribution in [3.05, 3.63) is 34.9 Å². The van der Waals surface area contributed by atoms with Crippen molar-refractivity contribution in [3.8, 4) is 0 Å². The minimum Gasteiger partial charge on any atom is -0.241 e. The summed E-state index contributed by atoms with van der Waals surface area (Å²) in [5, 5.41) is 7.39. The van der Waals surface area contributed by atoms with Gasteiger partial charge in [0.2, 0.25) is 0 Å². The number of hydrogen-bond acceptors (Lipinski definition) is 2. The van der Waals surface area contributed by atoms with Crippen LogP contribution in [0.3, 0.4) is 0 Å². The Morgan fingerprint density at radius 1 is 1.40 bits per heavy atom. The third-order valence-corrected chi connectivity index (χ3v) is 1.91. The molecule has 0 aliphatic heterocycles. The maximum absolute atomic E-state index is 6.78. The van der Waals surface area contributed by atoms with Gasteiger partial charge in [-0.1, -0.05) is 23.8 Å². The molecule has 0 saturated heterocycles. The quantitative estimate of drug-likeness (QED) is 0.345. The van der Waals surface area contributed by atoms with E-state index in [9.17, 15) is 0 Å². The van der Waals surface area contributed by atoms with Gasteiger partial charge in [-0.25, -0.2) is 10.4 Å². The summed E-state index contributed by atoms with van der Waals surface area (Å²) in [6.07, 6.45) is 0. The van der Waals surface area contributed by atoms with E-state index in [1.807, 2.05) is 6.01 Å². The third-order valence-electron chi connectivity index (χ3n) is 1.47. The Morgan fingerprint density at radius 3 is 2.47 bits per heavy atom. The van der Waals surface area contributed by atoms with Crippen molar-refractivity contribution >= 4 is 52.6 Å². The lowest BCUT2D eigenvalue weighted by Gasteiger charge is -1.98. The number of nitrogens with one attached hydrogen (secondary N) is 1. The number of benzene rings is 1. The highest BCUT2D eigenvalue weighted by Gasteiger charge is 2.01. The van der Waals surface area contributed by atoms with Crippen LogP contribution in [0.25, 0.3) is 0 Å². The summed E-state index contributed by atoms with van der Waals surface area (Å²) in [5.74, 6) is 0.293. The molecule has 3 nitrogen and oxygen atoms in total. The van der Waals surface area contributed by atoms with E-state index < -0.39 is 0 Å². The van der Waals surface area contributed by atoms with Crippen LogP contribution in [0.15, 0.2) is 34.3 Å². The summed E-state index contributed by atoms with van der Waals surface area (Å²) >= 11 is 14.3. The van der Waals surface area contributed by atoms with Gasteiger partial charge >= 0.3 is 0 Å². The van der Waals surface area contributed by atoms with Gasteiger partial charge in [0.25, 0.3) is 0 Å². The normalized spacial score (nSPS) is 10.7. The predicted molar refractivity (Wildman–Crippen MR) is 69.7 cm³/mol. The van der Waals surface area contributed by atoms with E-state index in [-0.39, 0.29) is 4.32 Å². The molecule has 15 heavy (non-hydrogen) atoms. The van der Waals surface area contributed by atoms with Crippen LogP contribution in [-0.4, -0.2) is 16.2 Å². The topological polar surface area (TPSA) is 48.6 Å². The molecule has 0 aliphatic rings. The van der Waals surface area contributed by atoms with E-state index in [2.05, 4.69) is 22.6 Å². The lowest BCUT2D eigenvalue weighted by molar-refractivity contribution is 1.50. The van der Waals surface area contributed by atoms with Gasteiger partial charge in [-0.3, -0.25) is 0 Å². The number of thiocarbonyl (C=S) groups is 1. The first kappa shape index (κ1) is 12.1. The zero-order valence-electron chi connectivity index (χ0n) is 7.44. The summed E-state index contributed by atoms with van der Waals surface area (Å²) in [7, 11) is 0. The van der Waals surface area contributed by atoms with Crippen molar-refractivity contribution in [2.24, 2.45) is 9.98 Å². The standard InChI is InChI=1S/C9H6ClN3S2/c10-7-3-1-6(2-4-7)8(12-5-11)13-9(14)15/h1-4,11H,(H,14,15). The predicted octanol–water partition coefficient (Wildman–Crippen LogP) is 3.05. The third kappa shape index (κ3) is 3.93. The van der Waals surface area contributed by atoms with Crippen molar-refractivity contribution in [3.63, 3.8) is 0 Å². The van der Waals surface area contributed by atoms with Crippen molar-refractivity contribution < 1.29 is 0 Å². The second kappa shape index (κ2) is 5.78. The van der Waals surface area contributed by atoms with Gasteiger partial charge in [0.15, 0.2) is 10.2 Å². The Labute approximate surface area is 103 Å². The van der Waals surface area contributed by atoms with Crippen LogP contribution in [0.2, 0.25) is 5.02 Å². The molecule has 0 spiro atoms. The maximum atomic E-state index is 6.78. The summed E-state index contributed by atoms with van der Waals surface area (Å²) < 4.78 is 0.152. The molecule has 6 heteroatoms. The molecule has 0 fully saturated rings. The van der Waals surface area contributed by atoms with Crippen molar-refractivity contribution in [2.45, 2.75) is 0 Å². The average Bonchev–Trinajstić information content (AvgIpc) is 2.17. The van der Waals surface area contributed by atoms with E-state index >= 15 is 0 Å². The molecule has 0 aromatic heterocycles. The number of halogens is 1. The molecular formula is C9H6ClN3S2. The van der Waals surface area contributed by atoms with E-state index in [1.54, 1.807) is 24.3 Å². The Morgan fingerprint density at radius 2 is 2.00 bits per heavy atom. The van der Waals surface area contributed by atoms with Gasteiger partial charge in [0, 0.05) is 10.6 Å². The number of hydrogen-bond donors (Lipinski definition) is 2. The van der Waals surface area contributed by atoms with Gasteiger partial charge < -0.3 is 0 Å². The smallest absolute Gasteiger partial charge is 0.172 e. The van der Waals surface area contributed by atoms with Crippen LogP contribution >= 0.6 is 36.4 Å². The summed E-state index contributed by atoms with van der Waals surface area (Å²) in [6.45, 7) is 0. The van der Waals surface area contributed by atoms with Crippen molar-refractivity contribution in [2.75, 3.05) is 0 Å². The fraction of sp³-hybridized carbons (Fsp3) is 0. The molecule has 0 bridgehead atoms. The van der Waals surface area contributed by atoms with Crippen molar-refractivity contribution in [1.82, 2.24) is 0 Å². The number of amidine groups is 1. The maximum Gasteiger partial charge on any atom is 0.172 e. The molecular weight excluding hydrogens is 250 g/mol. The molecule has 1 rings (SSSR count). The van der Waals surface area contributed by atoms with Crippen LogP contribution in [0, 0.1) is 5.41 Å². The molecule has 0 aliphatic carbocycles. The summed E-state index contributed by atoms with van der Waals surface area (Å²) in [5.41, 5.74) is 0.704. The van der Waals surface area contributed by atoms with E-state index in [4.69, 9.17) is 29.2 Å². The van der Waals surface area contributed by atoms with Gasteiger partial charge in [0.05, 0.1) is 6.01 Å². The second-order valence-corrected chi connectivity index (χ2v) is 4.00. The largest absolute Gasteiger partial charge is 0.241 e. The molecule has 0 unspecified atom stereocenters. The molecule has 0 heterocycles. The zero-order valence-corrected chi connectivity index (χ0v) is 9.90. The van der Waals surface area contributed by atoms with E-state index in [0.29, 0.717) is 16.4 Å². The van der Waals surface area contributed by atoms with Crippen LogP contribution < -0.4 is 0 Å². The fourth-order valence-corrected chi connectivity index (χ4v) is 1.20. The highest BCUT2D eigenvalue weighted by molar-refractivity contribution is 8.11. The lowest BCUT2D eigenvalue weighted by atomic mass is 10.2. The molecule has 1 N–H and O–H groups in total. The van der Waals surface area contributed by atoms with Crippen LogP contribution in [0.1, 0.15) is 5.56 Å². The summed E-state index contributed by atoms with van der Waals surface area (Å²) in [6, 6.07) is 8.77.